The molecule has 1 saturated carbocycles. The molecule has 2 atom stereocenters. The molecule has 9 heteroatoms. The van der Waals surface area contributed by atoms with Gasteiger partial charge in [-0.1, -0.05) is 18.9 Å². The molecule has 27 heavy (non-hydrogen) atoms. The van der Waals surface area contributed by atoms with Gasteiger partial charge in [-0.15, -0.1) is 5.10 Å². The first-order valence-corrected chi connectivity index (χ1v) is 9.02. The Morgan fingerprint density at radius 1 is 1.22 bits per heavy atom. The minimum Gasteiger partial charge on any atom is -0.506 e. The molecule has 3 aromatic rings. The molecule has 4 rings (SSSR count). The fourth-order valence-corrected chi connectivity index (χ4v) is 3.98. The fraction of sp³-hybridized carbons (Fsp3) is 0.500. The third-order valence-electron chi connectivity index (χ3n) is 5.31. The summed E-state index contributed by atoms with van der Waals surface area (Å²) >= 11 is 0. The lowest BCUT2D eigenvalue weighted by Crippen LogP contribution is -2.18. The van der Waals surface area contributed by atoms with E-state index >= 15 is 0 Å². The van der Waals surface area contributed by atoms with Crippen LogP contribution >= 0.6 is 0 Å². The van der Waals surface area contributed by atoms with Gasteiger partial charge in [-0.3, -0.25) is 0 Å². The zero-order chi connectivity index (χ0) is 19.2. The van der Waals surface area contributed by atoms with Crippen LogP contribution in [-0.4, -0.2) is 30.9 Å². The Labute approximate surface area is 153 Å². The maximum absolute atomic E-state index is 12.5. The van der Waals surface area contributed by atoms with Gasteiger partial charge in [0, 0.05) is 17.7 Å². The molecule has 0 bridgehead atoms. The van der Waals surface area contributed by atoms with Crippen molar-refractivity contribution in [2.75, 3.05) is 5.73 Å². The minimum atomic E-state index is -4.12. The summed E-state index contributed by atoms with van der Waals surface area (Å²) in [4.78, 5) is 8.80. The van der Waals surface area contributed by atoms with Crippen molar-refractivity contribution in [2.45, 2.75) is 50.6 Å². The molecule has 2 aromatic heterocycles. The average Bonchev–Trinajstić information content (AvgIpc) is 3.07. The number of aromatic nitrogens is 4. The Kier molecular flexibility index (Phi) is 4.32. The molecule has 2 heterocycles. The molecule has 0 unspecified atom stereocenters. The zero-order valence-corrected chi connectivity index (χ0v) is 14.6. The van der Waals surface area contributed by atoms with Gasteiger partial charge in [0.2, 0.25) is 5.95 Å². The molecule has 0 spiro atoms. The van der Waals surface area contributed by atoms with Crippen LogP contribution in [0.1, 0.15) is 50.3 Å². The second-order valence-corrected chi connectivity index (χ2v) is 7.23. The number of phenolic OH excluding ortho intramolecular Hbond substituents is 1. The Morgan fingerprint density at radius 3 is 2.81 bits per heavy atom. The summed E-state index contributed by atoms with van der Waals surface area (Å²) in [5.41, 5.74) is 6.83. The number of para-hydroxylation sites is 1. The Hall–Kier alpha value is -2.58. The quantitative estimate of drug-likeness (QED) is 0.713. The average molecular weight is 379 g/mol. The molecular weight excluding hydrogens is 359 g/mol. The van der Waals surface area contributed by atoms with Crippen molar-refractivity contribution in [3.05, 3.63) is 24.0 Å². The summed E-state index contributed by atoms with van der Waals surface area (Å²) in [5, 5.41) is 15.1. The van der Waals surface area contributed by atoms with Crippen LogP contribution in [-0.2, 0) is 0 Å². The predicted molar refractivity (Wildman–Crippen MR) is 94.4 cm³/mol. The van der Waals surface area contributed by atoms with Gasteiger partial charge in [0.15, 0.2) is 11.5 Å². The zero-order valence-electron chi connectivity index (χ0n) is 14.6. The van der Waals surface area contributed by atoms with Crippen molar-refractivity contribution in [1.29, 1.82) is 0 Å². The molecule has 1 aliphatic rings. The highest BCUT2D eigenvalue weighted by molar-refractivity contribution is 5.95. The van der Waals surface area contributed by atoms with Crippen molar-refractivity contribution in [3.8, 4) is 5.75 Å². The number of aromatic hydroxyl groups is 1. The fourth-order valence-electron chi connectivity index (χ4n) is 3.98. The second-order valence-electron chi connectivity index (χ2n) is 7.23. The van der Waals surface area contributed by atoms with E-state index in [1.165, 1.54) is 10.6 Å². The van der Waals surface area contributed by atoms with E-state index < -0.39 is 12.6 Å². The number of halogens is 3. The first kappa shape index (κ1) is 17.8. The van der Waals surface area contributed by atoms with E-state index in [-0.39, 0.29) is 30.0 Å². The number of hydrogen-bond acceptors (Lipinski definition) is 5. The van der Waals surface area contributed by atoms with E-state index in [4.69, 9.17) is 5.73 Å². The number of hydrogen-bond donors (Lipinski definition) is 2. The second kappa shape index (κ2) is 6.54. The van der Waals surface area contributed by atoms with Crippen LogP contribution in [0, 0.1) is 5.92 Å². The molecule has 1 fully saturated rings. The van der Waals surface area contributed by atoms with Crippen LogP contribution in [0.4, 0.5) is 19.1 Å². The predicted octanol–water partition coefficient (Wildman–Crippen LogP) is 4.18. The number of nitrogen functional groups attached to an aromatic ring is 1. The van der Waals surface area contributed by atoms with Crippen LogP contribution in [0.5, 0.6) is 5.75 Å². The SMILES string of the molecule is Nc1nc2c(O)cccc2c2nc([C@@H]3CCC[C@H](CCC(F)(F)F)C3)nn12. The number of fused-ring (bicyclic) bond motifs is 3. The molecule has 3 N–H and O–H groups in total. The summed E-state index contributed by atoms with van der Waals surface area (Å²) in [6.45, 7) is 0. The Balaban J connectivity index is 1.65. The summed E-state index contributed by atoms with van der Waals surface area (Å²) in [6.07, 6.45) is -1.56. The van der Waals surface area contributed by atoms with E-state index in [9.17, 15) is 18.3 Å². The van der Waals surface area contributed by atoms with E-state index in [0.717, 1.165) is 19.3 Å². The Morgan fingerprint density at radius 2 is 2.04 bits per heavy atom. The number of phenols is 1. The lowest BCUT2D eigenvalue weighted by molar-refractivity contribution is -0.138. The van der Waals surface area contributed by atoms with Gasteiger partial charge in [0.25, 0.3) is 0 Å². The summed E-state index contributed by atoms with van der Waals surface area (Å²) < 4.78 is 39.0. The number of benzene rings is 1. The molecule has 144 valence electrons. The largest absolute Gasteiger partial charge is 0.506 e. The van der Waals surface area contributed by atoms with Gasteiger partial charge < -0.3 is 10.8 Å². The van der Waals surface area contributed by atoms with Crippen molar-refractivity contribution in [3.63, 3.8) is 0 Å². The van der Waals surface area contributed by atoms with E-state index in [2.05, 4.69) is 15.1 Å². The molecule has 0 aliphatic heterocycles. The molecule has 0 radical (unpaired) electrons. The normalized spacial score (nSPS) is 21.1. The first-order chi connectivity index (χ1) is 12.8. The van der Waals surface area contributed by atoms with Crippen molar-refractivity contribution in [2.24, 2.45) is 5.92 Å². The number of nitrogens with zero attached hydrogens (tertiary/aromatic N) is 4. The minimum absolute atomic E-state index is 0.00337. The molecule has 6 nitrogen and oxygen atoms in total. The van der Waals surface area contributed by atoms with Gasteiger partial charge in [-0.05, 0) is 37.3 Å². The standard InChI is InChI=1S/C18H20F3N5O/c19-18(20,21)8-7-10-3-1-4-11(9-10)15-24-16-12-5-2-6-13(27)14(12)23-17(22)26(16)25-15/h2,5-6,10-11,27H,1,3-4,7-9H2,(H2,22,23)/t10-,11-/m1/s1. The number of nitrogens with two attached hydrogens (primary N) is 1. The summed E-state index contributed by atoms with van der Waals surface area (Å²) in [5.74, 6) is 0.728. The molecule has 1 aromatic carbocycles. The van der Waals surface area contributed by atoms with E-state index in [0.29, 0.717) is 28.8 Å². The van der Waals surface area contributed by atoms with E-state index in [1.54, 1.807) is 12.1 Å². The van der Waals surface area contributed by atoms with Crippen LogP contribution in [0.15, 0.2) is 18.2 Å². The summed E-state index contributed by atoms with van der Waals surface area (Å²) in [6, 6.07) is 4.99. The number of alkyl halides is 3. The highest BCUT2D eigenvalue weighted by Gasteiger charge is 2.32. The monoisotopic (exact) mass is 379 g/mol. The topological polar surface area (TPSA) is 89.3 Å². The van der Waals surface area contributed by atoms with Crippen molar-refractivity contribution < 1.29 is 18.3 Å². The van der Waals surface area contributed by atoms with Gasteiger partial charge >= 0.3 is 6.18 Å². The maximum atomic E-state index is 12.5. The maximum Gasteiger partial charge on any atom is 0.389 e. The van der Waals surface area contributed by atoms with Gasteiger partial charge in [-0.25, -0.2) is 9.97 Å². The van der Waals surface area contributed by atoms with Gasteiger partial charge in [0.1, 0.15) is 11.3 Å². The lowest BCUT2D eigenvalue weighted by atomic mass is 9.79. The van der Waals surface area contributed by atoms with Crippen LogP contribution < -0.4 is 5.73 Å². The third-order valence-corrected chi connectivity index (χ3v) is 5.31. The first-order valence-electron chi connectivity index (χ1n) is 9.02. The smallest absolute Gasteiger partial charge is 0.389 e. The van der Waals surface area contributed by atoms with Crippen LogP contribution in [0.25, 0.3) is 16.6 Å². The highest BCUT2D eigenvalue weighted by atomic mass is 19.4. The number of rotatable bonds is 3. The summed E-state index contributed by atoms with van der Waals surface area (Å²) in [7, 11) is 0. The van der Waals surface area contributed by atoms with E-state index in [1.807, 2.05) is 0 Å². The molecule has 1 aliphatic carbocycles. The lowest BCUT2D eigenvalue weighted by Gasteiger charge is -2.27. The Bertz CT molecular complexity index is 984. The molecular formula is C18H20F3N5O. The highest BCUT2D eigenvalue weighted by Crippen LogP contribution is 2.39. The van der Waals surface area contributed by atoms with Crippen LogP contribution in [0.2, 0.25) is 0 Å². The number of anilines is 1. The van der Waals surface area contributed by atoms with Crippen LogP contribution in [0.3, 0.4) is 0 Å². The molecule has 0 amide bonds. The molecule has 0 saturated heterocycles. The third kappa shape index (κ3) is 3.50. The van der Waals surface area contributed by atoms with Crippen molar-refractivity contribution >= 4 is 22.5 Å². The van der Waals surface area contributed by atoms with Gasteiger partial charge in [0.05, 0.1) is 0 Å². The van der Waals surface area contributed by atoms with Crippen molar-refractivity contribution in [1.82, 2.24) is 19.6 Å². The van der Waals surface area contributed by atoms with Gasteiger partial charge in [-0.2, -0.15) is 17.7 Å².